The molecule has 3 nitrogen and oxygen atoms in total. The molecule has 0 aliphatic carbocycles. The van der Waals surface area contributed by atoms with Crippen LogP contribution in [0.25, 0.3) is 11.0 Å². The van der Waals surface area contributed by atoms with E-state index in [1.165, 1.54) is 0 Å². The van der Waals surface area contributed by atoms with Crippen molar-refractivity contribution in [3.63, 3.8) is 0 Å². The number of hydrogen-bond donors (Lipinski definition) is 2. The lowest BCUT2D eigenvalue weighted by atomic mass is 10.1. The Bertz CT molecular complexity index is 447. The fraction of sp³-hybridized carbons (Fsp3) is 0.273. The number of rotatable bonds is 2. The summed E-state index contributed by atoms with van der Waals surface area (Å²) in [6.07, 6.45) is 1.73. The SMILES string of the molecule is CNC(C)c1coc2cc(O)ccc12. The van der Waals surface area contributed by atoms with Crippen LogP contribution in [-0.2, 0) is 0 Å². The Morgan fingerprint density at radius 3 is 2.93 bits per heavy atom. The smallest absolute Gasteiger partial charge is 0.137 e. The fourth-order valence-corrected chi connectivity index (χ4v) is 1.53. The first-order chi connectivity index (χ1) is 6.72. The van der Waals surface area contributed by atoms with Gasteiger partial charge in [-0.1, -0.05) is 0 Å². The summed E-state index contributed by atoms with van der Waals surface area (Å²) in [7, 11) is 1.91. The zero-order chi connectivity index (χ0) is 10.1. The Kier molecular flexibility index (Phi) is 2.17. The Balaban J connectivity index is 2.58. The van der Waals surface area contributed by atoms with Gasteiger partial charge in [0.05, 0.1) is 6.26 Å². The fourth-order valence-electron chi connectivity index (χ4n) is 1.53. The molecule has 14 heavy (non-hydrogen) atoms. The minimum absolute atomic E-state index is 0.232. The molecule has 2 rings (SSSR count). The summed E-state index contributed by atoms with van der Waals surface area (Å²) in [5.74, 6) is 0.232. The Morgan fingerprint density at radius 1 is 1.43 bits per heavy atom. The third-order valence-electron chi connectivity index (χ3n) is 2.49. The van der Waals surface area contributed by atoms with Gasteiger partial charge in [0, 0.05) is 23.1 Å². The van der Waals surface area contributed by atoms with Gasteiger partial charge in [-0.3, -0.25) is 0 Å². The van der Waals surface area contributed by atoms with Gasteiger partial charge in [-0.05, 0) is 26.1 Å². The molecule has 0 spiro atoms. The van der Waals surface area contributed by atoms with Crippen LogP contribution in [0.1, 0.15) is 18.5 Å². The number of phenolic OH excluding ortho intramolecular Hbond substituents is 1. The molecule has 1 unspecified atom stereocenters. The lowest BCUT2D eigenvalue weighted by Gasteiger charge is -2.06. The molecule has 1 heterocycles. The van der Waals surface area contributed by atoms with E-state index in [0.717, 1.165) is 16.5 Å². The second kappa shape index (κ2) is 3.35. The zero-order valence-electron chi connectivity index (χ0n) is 8.24. The quantitative estimate of drug-likeness (QED) is 0.766. The van der Waals surface area contributed by atoms with E-state index < -0.39 is 0 Å². The lowest BCUT2D eigenvalue weighted by Crippen LogP contribution is -2.11. The molecule has 0 fully saturated rings. The van der Waals surface area contributed by atoms with E-state index in [-0.39, 0.29) is 11.8 Å². The molecule has 1 aromatic heterocycles. The number of aromatic hydroxyl groups is 1. The van der Waals surface area contributed by atoms with Crippen LogP contribution in [0.4, 0.5) is 0 Å². The van der Waals surface area contributed by atoms with Crippen LogP contribution in [0.2, 0.25) is 0 Å². The average molecular weight is 191 g/mol. The number of fused-ring (bicyclic) bond motifs is 1. The van der Waals surface area contributed by atoms with E-state index in [9.17, 15) is 5.11 Å². The molecule has 3 heteroatoms. The number of phenols is 1. The monoisotopic (exact) mass is 191 g/mol. The van der Waals surface area contributed by atoms with Crippen molar-refractivity contribution in [1.82, 2.24) is 5.32 Å². The van der Waals surface area contributed by atoms with Crippen molar-refractivity contribution in [2.45, 2.75) is 13.0 Å². The van der Waals surface area contributed by atoms with Crippen LogP contribution in [-0.4, -0.2) is 12.2 Å². The minimum atomic E-state index is 0.232. The van der Waals surface area contributed by atoms with Gasteiger partial charge < -0.3 is 14.8 Å². The summed E-state index contributed by atoms with van der Waals surface area (Å²) in [6, 6.07) is 5.42. The van der Waals surface area contributed by atoms with Crippen molar-refractivity contribution >= 4 is 11.0 Å². The maximum absolute atomic E-state index is 9.26. The van der Waals surface area contributed by atoms with E-state index in [1.54, 1.807) is 18.4 Å². The van der Waals surface area contributed by atoms with Crippen LogP contribution in [0.15, 0.2) is 28.9 Å². The average Bonchev–Trinajstić information content (AvgIpc) is 2.59. The maximum Gasteiger partial charge on any atom is 0.137 e. The molecule has 0 aliphatic heterocycles. The summed E-state index contributed by atoms with van der Waals surface area (Å²) < 4.78 is 5.35. The van der Waals surface area contributed by atoms with E-state index in [2.05, 4.69) is 12.2 Å². The standard InChI is InChI=1S/C11H13NO2/c1-7(12-2)10-6-14-11-5-8(13)3-4-9(10)11/h3-7,12-13H,1-2H3. The highest BCUT2D eigenvalue weighted by Gasteiger charge is 2.10. The molecule has 1 aromatic carbocycles. The van der Waals surface area contributed by atoms with E-state index >= 15 is 0 Å². The molecular weight excluding hydrogens is 178 g/mol. The Morgan fingerprint density at radius 2 is 2.21 bits per heavy atom. The van der Waals surface area contributed by atoms with Crippen molar-refractivity contribution in [2.75, 3.05) is 7.05 Å². The summed E-state index contributed by atoms with van der Waals surface area (Å²) in [5.41, 5.74) is 1.84. The highest BCUT2D eigenvalue weighted by atomic mass is 16.3. The number of furan rings is 1. The third-order valence-corrected chi connectivity index (χ3v) is 2.49. The van der Waals surface area contributed by atoms with Crippen molar-refractivity contribution in [1.29, 1.82) is 0 Å². The molecule has 0 aliphatic rings. The first kappa shape index (κ1) is 9.09. The number of nitrogens with one attached hydrogen (secondary N) is 1. The predicted octanol–water partition coefficient (Wildman–Crippen LogP) is 2.42. The molecule has 0 saturated heterocycles. The highest BCUT2D eigenvalue weighted by Crippen LogP contribution is 2.28. The normalized spacial score (nSPS) is 13.3. The molecule has 0 radical (unpaired) electrons. The second-order valence-electron chi connectivity index (χ2n) is 3.38. The maximum atomic E-state index is 9.26. The molecule has 74 valence electrons. The molecule has 1 atom stereocenters. The molecule has 2 N–H and O–H groups in total. The molecular formula is C11H13NO2. The summed E-state index contributed by atoms with van der Waals surface area (Å²) in [6.45, 7) is 2.07. The Hall–Kier alpha value is -1.48. The third kappa shape index (κ3) is 1.36. The van der Waals surface area contributed by atoms with E-state index in [1.807, 2.05) is 13.1 Å². The van der Waals surface area contributed by atoms with Crippen molar-refractivity contribution in [3.05, 3.63) is 30.0 Å². The van der Waals surface area contributed by atoms with Crippen molar-refractivity contribution in [3.8, 4) is 5.75 Å². The van der Waals surface area contributed by atoms with Crippen LogP contribution in [0.3, 0.4) is 0 Å². The summed E-state index contributed by atoms with van der Waals surface area (Å²) in [5, 5.41) is 13.5. The minimum Gasteiger partial charge on any atom is -0.508 e. The van der Waals surface area contributed by atoms with Crippen LogP contribution in [0.5, 0.6) is 5.75 Å². The van der Waals surface area contributed by atoms with Gasteiger partial charge in [-0.2, -0.15) is 0 Å². The molecule has 0 bridgehead atoms. The highest BCUT2D eigenvalue weighted by molar-refractivity contribution is 5.82. The first-order valence-corrected chi connectivity index (χ1v) is 4.59. The largest absolute Gasteiger partial charge is 0.508 e. The lowest BCUT2D eigenvalue weighted by molar-refractivity contribution is 0.474. The van der Waals surface area contributed by atoms with Crippen molar-refractivity contribution in [2.24, 2.45) is 0 Å². The van der Waals surface area contributed by atoms with Gasteiger partial charge in [0.15, 0.2) is 0 Å². The van der Waals surface area contributed by atoms with Gasteiger partial charge in [0.2, 0.25) is 0 Å². The molecule has 0 saturated carbocycles. The summed E-state index contributed by atoms with van der Waals surface area (Å²) >= 11 is 0. The predicted molar refractivity (Wildman–Crippen MR) is 55.4 cm³/mol. The van der Waals surface area contributed by atoms with Crippen LogP contribution < -0.4 is 5.32 Å². The van der Waals surface area contributed by atoms with Crippen LogP contribution >= 0.6 is 0 Å². The summed E-state index contributed by atoms with van der Waals surface area (Å²) in [4.78, 5) is 0. The van der Waals surface area contributed by atoms with Gasteiger partial charge >= 0.3 is 0 Å². The van der Waals surface area contributed by atoms with Gasteiger partial charge in [0.1, 0.15) is 11.3 Å². The van der Waals surface area contributed by atoms with Gasteiger partial charge in [-0.25, -0.2) is 0 Å². The van der Waals surface area contributed by atoms with E-state index in [0.29, 0.717) is 0 Å². The molecule has 2 aromatic rings. The number of benzene rings is 1. The van der Waals surface area contributed by atoms with Gasteiger partial charge in [-0.15, -0.1) is 0 Å². The topological polar surface area (TPSA) is 45.4 Å². The van der Waals surface area contributed by atoms with Crippen molar-refractivity contribution < 1.29 is 9.52 Å². The molecule has 0 amide bonds. The second-order valence-corrected chi connectivity index (χ2v) is 3.38. The Labute approximate surface area is 82.3 Å². The number of hydrogen-bond acceptors (Lipinski definition) is 3. The van der Waals surface area contributed by atoms with E-state index in [4.69, 9.17) is 4.42 Å². The van der Waals surface area contributed by atoms with Gasteiger partial charge in [0.25, 0.3) is 0 Å². The van der Waals surface area contributed by atoms with Crippen LogP contribution in [0, 0.1) is 0 Å². The zero-order valence-corrected chi connectivity index (χ0v) is 8.24. The first-order valence-electron chi connectivity index (χ1n) is 4.59.